The first-order chi connectivity index (χ1) is 12.8. The summed E-state index contributed by atoms with van der Waals surface area (Å²) in [5.74, 6) is 0. The molecule has 0 heterocycles. The zero-order chi connectivity index (χ0) is 21.7. The molecule has 0 atom stereocenters. The van der Waals surface area contributed by atoms with E-state index in [4.69, 9.17) is 0 Å². The molecule has 0 spiro atoms. The predicted octanol–water partition coefficient (Wildman–Crippen LogP) is 0.771. The molecule has 1 saturated carbocycles. The Labute approximate surface area is 169 Å². The third-order valence-corrected chi connectivity index (χ3v) is 8.40. The molecular formula is C18H36N2O6P2-4. The van der Waals surface area contributed by atoms with Crippen LogP contribution in [0.25, 0.3) is 0 Å². The van der Waals surface area contributed by atoms with E-state index < -0.39 is 44.3 Å². The van der Waals surface area contributed by atoms with E-state index in [9.17, 15) is 28.7 Å². The minimum Gasteiger partial charge on any atom is -0.811 e. The van der Waals surface area contributed by atoms with Crippen LogP contribution in [-0.4, -0.2) is 29.1 Å². The Morgan fingerprint density at radius 1 is 0.714 bits per heavy atom. The van der Waals surface area contributed by atoms with Crippen molar-refractivity contribution in [3.05, 3.63) is 0 Å². The number of nitrogens with one attached hydrogen (secondary N) is 2. The normalized spacial score (nSPS) is 19.0. The summed E-state index contributed by atoms with van der Waals surface area (Å²) in [6.45, 7) is 7.39. The molecule has 10 heteroatoms. The van der Waals surface area contributed by atoms with Crippen LogP contribution in [0.15, 0.2) is 0 Å². The van der Waals surface area contributed by atoms with E-state index in [0.29, 0.717) is 38.5 Å². The largest absolute Gasteiger partial charge is 0.811 e. The Kier molecular flexibility index (Phi) is 9.39. The third-order valence-electron chi connectivity index (χ3n) is 6.42. The summed E-state index contributed by atoms with van der Waals surface area (Å²) >= 11 is 0. The molecule has 0 aromatic rings. The molecule has 28 heavy (non-hydrogen) atoms. The molecule has 8 nitrogen and oxygen atoms in total. The fourth-order valence-electron chi connectivity index (χ4n) is 4.57. The summed E-state index contributed by atoms with van der Waals surface area (Å²) in [7, 11) is -9.50. The zero-order valence-corrected chi connectivity index (χ0v) is 19.4. The summed E-state index contributed by atoms with van der Waals surface area (Å²) in [4.78, 5) is 46.4. The van der Waals surface area contributed by atoms with Crippen LogP contribution in [0.2, 0.25) is 0 Å². The molecule has 0 radical (unpaired) electrons. The first kappa shape index (κ1) is 26.3. The average molecular weight is 438 g/mol. The lowest BCUT2D eigenvalue weighted by molar-refractivity contribution is -0.316. The van der Waals surface area contributed by atoms with Crippen LogP contribution >= 0.6 is 15.2 Å². The van der Waals surface area contributed by atoms with Crippen molar-refractivity contribution in [1.82, 2.24) is 10.6 Å². The topological polar surface area (TPSA) is 150 Å². The van der Waals surface area contributed by atoms with Crippen molar-refractivity contribution in [3.63, 3.8) is 0 Å². The smallest absolute Gasteiger partial charge is 0.0695 e. The van der Waals surface area contributed by atoms with E-state index >= 15 is 0 Å². The standard InChI is InChI=1S/C18H40N2O6P2/c1-5-16(6-2,14-27(21,22)23)19-18(12-10-9-11-13-18)20-17(7-3,8-4)15-28(24,25)26/h19-20H,5-15H2,1-4H3,(H2,21,22,23)(H2,24,25,26)/p-4. The maximum absolute atomic E-state index is 11.6. The minimum atomic E-state index is -4.75. The molecule has 0 unspecified atom stereocenters. The van der Waals surface area contributed by atoms with Crippen molar-refractivity contribution in [2.45, 2.75) is 102 Å². The zero-order valence-electron chi connectivity index (χ0n) is 17.6. The van der Waals surface area contributed by atoms with E-state index in [-0.39, 0.29) is 0 Å². The molecule has 0 aromatic heterocycles. The second-order valence-electron chi connectivity index (χ2n) is 8.41. The molecule has 168 valence electrons. The number of hydrogen-bond acceptors (Lipinski definition) is 8. The van der Waals surface area contributed by atoms with Crippen LogP contribution in [0.5, 0.6) is 0 Å². The number of hydrogen-bond donors (Lipinski definition) is 2. The molecule has 1 aliphatic rings. The van der Waals surface area contributed by atoms with Gasteiger partial charge in [-0.3, -0.25) is 10.6 Å². The van der Waals surface area contributed by atoms with Gasteiger partial charge < -0.3 is 28.7 Å². The highest BCUT2D eigenvalue weighted by molar-refractivity contribution is 7.49. The summed E-state index contributed by atoms with van der Waals surface area (Å²) in [5.41, 5.74) is -2.49. The van der Waals surface area contributed by atoms with Crippen molar-refractivity contribution < 1.29 is 28.7 Å². The second kappa shape index (κ2) is 10.0. The SMILES string of the molecule is CCC(CC)(CP(=O)([O-])[O-])NC1(NC(CC)(CC)CP(=O)([O-])[O-])CCCCC1. The average Bonchev–Trinajstić information content (AvgIpc) is 2.58. The molecule has 0 aromatic carbocycles. The van der Waals surface area contributed by atoms with E-state index in [1.165, 1.54) is 0 Å². The van der Waals surface area contributed by atoms with Crippen molar-refractivity contribution >= 4 is 15.2 Å². The molecule has 0 aliphatic heterocycles. The van der Waals surface area contributed by atoms with E-state index in [1.807, 2.05) is 27.7 Å². The van der Waals surface area contributed by atoms with Crippen LogP contribution in [0.4, 0.5) is 0 Å². The van der Waals surface area contributed by atoms with Crippen LogP contribution in [0, 0.1) is 0 Å². The van der Waals surface area contributed by atoms with E-state index in [0.717, 1.165) is 19.3 Å². The van der Waals surface area contributed by atoms with Gasteiger partial charge in [0.05, 0.1) is 5.66 Å². The van der Waals surface area contributed by atoms with Gasteiger partial charge >= 0.3 is 0 Å². The van der Waals surface area contributed by atoms with Gasteiger partial charge in [-0.1, -0.05) is 62.1 Å². The molecule has 2 N–H and O–H groups in total. The van der Waals surface area contributed by atoms with Gasteiger partial charge in [-0.2, -0.15) is 0 Å². The lowest BCUT2D eigenvalue weighted by Crippen LogP contribution is -2.72. The van der Waals surface area contributed by atoms with Crippen molar-refractivity contribution in [3.8, 4) is 0 Å². The molecule has 1 aliphatic carbocycles. The monoisotopic (exact) mass is 438 g/mol. The Morgan fingerprint density at radius 2 is 1.04 bits per heavy atom. The molecule has 1 fully saturated rings. The van der Waals surface area contributed by atoms with Crippen LogP contribution in [0.1, 0.15) is 85.5 Å². The maximum Gasteiger partial charge on any atom is 0.0695 e. The highest BCUT2D eigenvalue weighted by Gasteiger charge is 2.44. The first-order valence-electron chi connectivity index (χ1n) is 10.4. The molecule has 0 amide bonds. The van der Waals surface area contributed by atoms with Gasteiger partial charge in [0, 0.05) is 11.1 Å². The quantitative estimate of drug-likeness (QED) is 0.335. The Balaban J connectivity index is 3.29. The van der Waals surface area contributed by atoms with Crippen molar-refractivity contribution in [2.24, 2.45) is 0 Å². The van der Waals surface area contributed by atoms with Gasteiger partial charge in [0.25, 0.3) is 0 Å². The lowest BCUT2D eigenvalue weighted by Gasteiger charge is -2.55. The summed E-state index contributed by atoms with van der Waals surface area (Å²) in [6.07, 6.45) is 5.00. The van der Waals surface area contributed by atoms with Crippen LogP contribution < -0.4 is 30.2 Å². The summed E-state index contributed by atoms with van der Waals surface area (Å²) < 4.78 is 23.2. The third kappa shape index (κ3) is 7.81. The van der Waals surface area contributed by atoms with Crippen molar-refractivity contribution in [2.75, 3.05) is 12.3 Å². The molecule has 0 bridgehead atoms. The van der Waals surface area contributed by atoms with E-state index in [2.05, 4.69) is 10.6 Å². The van der Waals surface area contributed by atoms with Crippen LogP contribution in [-0.2, 0) is 9.13 Å². The van der Waals surface area contributed by atoms with Gasteiger partial charge in [0.2, 0.25) is 0 Å². The van der Waals surface area contributed by atoms with Gasteiger partial charge in [-0.05, 0) is 50.8 Å². The van der Waals surface area contributed by atoms with Gasteiger partial charge in [-0.15, -0.1) is 0 Å². The summed E-state index contributed by atoms with van der Waals surface area (Å²) in [5, 5.41) is 6.94. The maximum atomic E-state index is 11.6. The van der Waals surface area contributed by atoms with Gasteiger partial charge in [0.15, 0.2) is 0 Å². The summed E-state index contributed by atoms with van der Waals surface area (Å²) in [6, 6.07) is 0. The fraction of sp³-hybridized carbons (Fsp3) is 1.00. The molecule has 1 rings (SSSR count). The predicted molar refractivity (Wildman–Crippen MR) is 104 cm³/mol. The molecule has 0 saturated heterocycles. The van der Waals surface area contributed by atoms with Gasteiger partial charge in [0.1, 0.15) is 0 Å². The highest BCUT2D eigenvalue weighted by atomic mass is 31.2. The Hall–Kier alpha value is 0.220. The van der Waals surface area contributed by atoms with Gasteiger partial charge in [-0.25, -0.2) is 0 Å². The van der Waals surface area contributed by atoms with Crippen molar-refractivity contribution in [1.29, 1.82) is 0 Å². The minimum absolute atomic E-state index is 0.453. The fourth-order valence-corrected chi connectivity index (χ4v) is 7.11. The second-order valence-corrected chi connectivity index (χ2v) is 11.5. The number of rotatable bonds is 12. The highest BCUT2D eigenvalue weighted by Crippen LogP contribution is 2.40. The lowest BCUT2D eigenvalue weighted by atomic mass is 9.81. The van der Waals surface area contributed by atoms with Crippen LogP contribution in [0.3, 0.4) is 0 Å². The first-order valence-corrected chi connectivity index (χ1v) is 13.8. The Morgan fingerprint density at radius 3 is 1.29 bits per heavy atom. The molecular weight excluding hydrogens is 402 g/mol. The Bertz CT molecular complexity index is 531. The van der Waals surface area contributed by atoms with E-state index in [1.54, 1.807) is 0 Å².